The third-order valence-corrected chi connectivity index (χ3v) is 6.40. The highest BCUT2D eigenvalue weighted by Gasteiger charge is 2.53. The highest BCUT2D eigenvalue weighted by Crippen LogP contribution is 2.63. The zero-order chi connectivity index (χ0) is 14.7. The molecule has 22 heavy (non-hydrogen) atoms. The summed E-state index contributed by atoms with van der Waals surface area (Å²) >= 11 is 0. The molecule has 3 aliphatic rings. The summed E-state index contributed by atoms with van der Waals surface area (Å²) in [5, 5.41) is 3.90. The Morgan fingerprint density at radius 1 is 0.955 bits per heavy atom. The molecule has 1 nitrogen and oxygen atoms in total. The van der Waals surface area contributed by atoms with Gasteiger partial charge in [0.05, 0.1) is 6.04 Å². The molecule has 2 fully saturated rings. The van der Waals surface area contributed by atoms with Crippen LogP contribution in [-0.4, -0.2) is 0 Å². The maximum Gasteiger partial charge on any atom is 0.0550 e. The molecule has 5 rings (SSSR count). The fourth-order valence-electron chi connectivity index (χ4n) is 5.60. The van der Waals surface area contributed by atoms with Crippen LogP contribution in [0.3, 0.4) is 0 Å². The first kappa shape index (κ1) is 12.8. The minimum absolute atomic E-state index is 0.497. The van der Waals surface area contributed by atoms with Crippen LogP contribution in [0, 0.1) is 24.7 Å². The molecule has 0 saturated heterocycles. The van der Waals surface area contributed by atoms with Crippen LogP contribution in [0.25, 0.3) is 0 Å². The molecule has 1 N–H and O–H groups in total. The minimum Gasteiger partial charge on any atom is -0.378 e. The summed E-state index contributed by atoms with van der Waals surface area (Å²) in [5.74, 6) is 3.40. The predicted octanol–water partition coefficient (Wildman–Crippen LogP) is 5.29. The Morgan fingerprint density at radius 2 is 1.77 bits per heavy atom. The molecule has 0 amide bonds. The van der Waals surface area contributed by atoms with Gasteiger partial charge in [-0.1, -0.05) is 48.0 Å². The third kappa shape index (κ3) is 1.71. The molecular weight excluding hydrogens is 266 g/mol. The molecule has 5 unspecified atom stereocenters. The Bertz CT molecular complexity index is 705. The van der Waals surface area contributed by atoms with E-state index >= 15 is 0 Å². The largest absolute Gasteiger partial charge is 0.378 e. The Labute approximate surface area is 132 Å². The molecule has 0 radical (unpaired) electrons. The monoisotopic (exact) mass is 289 g/mol. The second-order valence-corrected chi connectivity index (χ2v) is 7.56. The van der Waals surface area contributed by atoms with Gasteiger partial charge in [-0.05, 0) is 67.1 Å². The van der Waals surface area contributed by atoms with Gasteiger partial charge in [0.2, 0.25) is 0 Å². The lowest BCUT2D eigenvalue weighted by Crippen LogP contribution is -2.35. The molecule has 1 heterocycles. The fourth-order valence-corrected chi connectivity index (χ4v) is 5.60. The van der Waals surface area contributed by atoms with Crippen LogP contribution in [0.1, 0.15) is 47.9 Å². The molecule has 0 aromatic heterocycles. The smallest absolute Gasteiger partial charge is 0.0550 e. The number of nitrogens with one attached hydrogen (secondary N) is 1. The predicted molar refractivity (Wildman–Crippen MR) is 91.0 cm³/mol. The first-order chi connectivity index (χ1) is 10.8. The molecule has 2 aromatic carbocycles. The van der Waals surface area contributed by atoms with Gasteiger partial charge in [-0.25, -0.2) is 0 Å². The van der Waals surface area contributed by atoms with E-state index in [1.807, 2.05) is 0 Å². The molecule has 1 heteroatoms. The Kier molecular flexibility index (Phi) is 2.68. The highest BCUT2D eigenvalue weighted by atomic mass is 15.0. The Balaban J connectivity index is 1.65. The topological polar surface area (TPSA) is 12.0 Å². The van der Waals surface area contributed by atoms with E-state index in [0.29, 0.717) is 6.04 Å². The van der Waals surface area contributed by atoms with Crippen LogP contribution < -0.4 is 5.32 Å². The van der Waals surface area contributed by atoms with E-state index in [0.717, 1.165) is 23.7 Å². The zero-order valence-corrected chi connectivity index (χ0v) is 13.1. The van der Waals surface area contributed by atoms with E-state index in [2.05, 4.69) is 60.8 Å². The molecule has 112 valence electrons. The maximum absolute atomic E-state index is 3.90. The number of hydrogen-bond acceptors (Lipinski definition) is 1. The number of rotatable bonds is 1. The zero-order valence-electron chi connectivity index (χ0n) is 13.1. The maximum atomic E-state index is 3.90. The molecule has 2 aromatic rings. The van der Waals surface area contributed by atoms with E-state index < -0.39 is 0 Å². The van der Waals surface area contributed by atoms with Crippen molar-refractivity contribution in [2.75, 3.05) is 5.32 Å². The molecule has 2 saturated carbocycles. The van der Waals surface area contributed by atoms with Gasteiger partial charge in [-0.3, -0.25) is 0 Å². The summed E-state index contributed by atoms with van der Waals surface area (Å²) in [7, 11) is 0. The lowest BCUT2D eigenvalue weighted by Gasteiger charge is -2.43. The number of fused-ring (bicyclic) bond motifs is 7. The first-order valence-electron chi connectivity index (χ1n) is 8.73. The summed E-state index contributed by atoms with van der Waals surface area (Å²) in [6, 6.07) is 18.6. The Morgan fingerprint density at radius 3 is 2.64 bits per heavy atom. The molecule has 1 aliphatic heterocycles. The second-order valence-electron chi connectivity index (χ2n) is 7.56. The molecule has 5 atom stereocenters. The van der Waals surface area contributed by atoms with Crippen molar-refractivity contribution >= 4 is 5.69 Å². The Hall–Kier alpha value is -1.76. The van der Waals surface area contributed by atoms with Gasteiger partial charge in [0, 0.05) is 5.69 Å². The van der Waals surface area contributed by atoms with Crippen LogP contribution in [0.2, 0.25) is 0 Å². The molecule has 2 bridgehead atoms. The number of anilines is 1. The lowest BCUT2D eigenvalue weighted by molar-refractivity contribution is 0.247. The van der Waals surface area contributed by atoms with Gasteiger partial charge in [-0.15, -0.1) is 0 Å². The summed E-state index contributed by atoms with van der Waals surface area (Å²) in [6.07, 6.45) is 4.34. The standard InChI is InChI=1S/C21H23N/c1-13-7-10-18-17(11-13)19-15-8-9-16(12-15)20(19)21(22-18)14-5-3-2-4-6-14/h2-7,10-11,15-16,19-22H,8-9,12H2,1H3. The van der Waals surface area contributed by atoms with E-state index in [9.17, 15) is 0 Å². The summed E-state index contributed by atoms with van der Waals surface area (Å²) in [4.78, 5) is 0. The van der Waals surface area contributed by atoms with Crippen LogP contribution >= 0.6 is 0 Å². The van der Waals surface area contributed by atoms with Gasteiger partial charge in [0.25, 0.3) is 0 Å². The van der Waals surface area contributed by atoms with Gasteiger partial charge in [0.15, 0.2) is 0 Å². The third-order valence-electron chi connectivity index (χ3n) is 6.40. The van der Waals surface area contributed by atoms with Crippen molar-refractivity contribution in [3.63, 3.8) is 0 Å². The second kappa shape index (κ2) is 4.62. The molecular formula is C21H23N. The van der Waals surface area contributed by atoms with E-state index in [1.165, 1.54) is 36.1 Å². The van der Waals surface area contributed by atoms with E-state index in [4.69, 9.17) is 0 Å². The molecule has 0 spiro atoms. The van der Waals surface area contributed by atoms with Crippen LogP contribution in [0.4, 0.5) is 5.69 Å². The van der Waals surface area contributed by atoms with Crippen molar-refractivity contribution in [2.24, 2.45) is 17.8 Å². The van der Waals surface area contributed by atoms with Crippen LogP contribution in [-0.2, 0) is 0 Å². The lowest BCUT2D eigenvalue weighted by atomic mass is 9.68. The van der Waals surface area contributed by atoms with E-state index in [1.54, 1.807) is 5.56 Å². The SMILES string of the molecule is Cc1ccc2c(c1)C1C3CCC(C3)C1C(c1ccccc1)N2. The van der Waals surface area contributed by atoms with Gasteiger partial charge in [0.1, 0.15) is 0 Å². The minimum atomic E-state index is 0.497. The van der Waals surface area contributed by atoms with Crippen molar-refractivity contribution in [2.45, 2.75) is 38.1 Å². The summed E-state index contributed by atoms with van der Waals surface area (Å²) in [6.45, 7) is 2.23. The van der Waals surface area contributed by atoms with Crippen molar-refractivity contribution in [3.05, 3.63) is 65.2 Å². The first-order valence-corrected chi connectivity index (χ1v) is 8.73. The quantitative estimate of drug-likeness (QED) is 0.752. The normalized spacial score (nSPS) is 34.9. The average molecular weight is 289 g/mol. The van der Waals surface area contributed by atoms with E-state index in [-0.39, 0.29) is 0 Å². The average Bonchev–Trinajstić information content (AvgIpc) is 3.17. The number of hydrogen-bond donors (Lipinski definition) is 1. The highest BCUT2D eigenvalue weighted by molar-refractivity contribution is 5.59. The van der Waals surface area contributed by atoms with Crippen molar-refractivity contribution in [1.29, 1.82) is 0 Å². The number of benzene rings is 2. The van der Waals surface area contributed by atoms with Crippen LogP contribution in [0.5, 0.6) is 0 Å². The fraction of sp³-hybridized carbons (Fsp3) is 0.429. The number of aryl methyl sites for hydroxylation is 1. The van der Waals surface area contributed by atoms with Crippen molar-refractivity contribution in [1.82, 2.24) is 0 Å². The van der Waals surface area contributed by atoms with Gasteiger partial charge < -0.3 is 5.32 Å². The molecule has 2 aliphatic carbocycles. The van der Waals surface area contributed by atoms with Crippen molar-refractivity contribution in [3.8, 4) is 0 Å². The van der Waals surface area contributed by atoms with Gasteiger partial charge in [-0.2, -0.15) is 0 Å². The van der Waals surface area contributed by atoms with Crippen LogP contribution in [0.15, 0.2) is 48.5 Å². The summed E-state index contributed by atoms with van der Waals surface area (Å²) < 4.78 is 0. The van der Waals surface area contributed by atoms with Gasteiger partial charge >= 0.3 is 0 Å². The summed E-state index contributed by atoms with van der Waals surface area (Å²) in [5.41, 5.74) is 5.86. The van der Waals surface area contributed by atoms with Crippen molar-refractivity contribution < 1.29 is 0 Å².